The molecule has 0 aromatic rings. The Kier molecular flexibility index (Phi) is 97.4. The first-order valence-corrected chi connectivity index (χ1v) is 1.40. The Balaban J connectivity index is -0.0000000275. The number of hydrogen-bond acceptors (Lipinski definition) is 2. The van der Waals surface area contributed by atoms with Crippen molar-refractivity contribution in [3.05, 3.63) is 0 Å². The molecule has 0 rings (SSSR count). The van der Waals surface area contributed by atoms with Crippen LogP contribution < -0.4 is 10.2 Å². The van der Waals surface area contributed by atoms with Gasteiger partial charge in [0.05, 0.1) is 0 Å². The van der Waals surface area contributed by atoms with Gasteiger partial charge in [0, 0.05) is 32.7 Å². The standard InChI is InChI=1S/C2H5O.CH3O.Y/c1-2-3;1-2;/h2H2,1H3;1H3;/q2*-1;. The van der Waals surface area contributed by atoms with Gasteiger partial charge < -0.3 is 10.2 Å². The van der Waals surface area contributed by atoms with E-state index in [1.165, 1.54) is 0 Å². The van der Waals surface area contributed by atoms with E-state index in [1.807, 2.05) is 0 Å². The first-order chi connectivity index (χ1) is 2.41. The molecule has 0 aromatic carbocycles. The molecule has 0 amide bonds. The third-order valence-electron chi connectivity index (χ3n) is 0. The van der Waals surface area contributed by atoms with Gasteiger partial charge in [0.2, 0.25) is 0 Å². The van der Waals surface area contributed by atoms with E-state index in [0.29, 0.717) is 0 Å². The van der Waals surface area contributed by atoms with Crippen molar-refractivity contribution in [1.82, 2.24) is 0 Å². The second-order valence-corrected chi connectivity index (χ2v) is 0.289. The molecule has 0 N–H and O–H groups in total. The quantitative estimate of drug-likeness (QED) is 0.431. The van der Waals surface area contributed by atoms with Crippen LogP contribution in [-0.4, -0.2) is 13.7 Å². The predicted molar refractivity (Wildman–Crippen MR) is 16.5 cm³/mol. The van der Waals surface area contributed by atoms with Crippen molar-refractivity contribution in [3.8, 4) is 0 Å². The molecule has 37 valence electrons. The van der Waals surface area contributed by atoms with Crippen LogP contribution in [0, 0.1) is 0 Å². The van der Waals surface area contributed by atoms with Crippen molar-refractivity contribution in [3.63, 3.8) is 0 Å². The van der Waals surface area contributed by atoms with E-state index in [0.717, 1.165) is 7.11 Å². The summed E-state index contributed by atoms with van der Waals surface area (Å²) >= 11 is 0. The molecule has 0 bridgehead atoms. The molecule has 1 radical (unpaired) electrons. The van der Waals surface area contributed by atoms with Gasteiger partial charge in [-0.2, -0.15) is 7.11 Å². The van der Waals surface area contributed by atoms with E-state index < -0.39 is 0 Å². The molecule has 0 unspecified atom stereocenters. The van der Waals surface area contributed by atoms with Crippen molar-refractivity contribution in [1.29, 1.82) is 0 Å². The summed E-state index contributed by atoms with van der Waals surface area (Å²) < 4.78 is 0. The first kappa shape index (κ1) is 15.7. The summed E-state index contributed by atoms with van der Waals surface area (Å²) in [5, 5.41) is 17.2. The van der Waals surface area contributed by atoms with E-state index in [1.54, 1.807) is 6.92 Å². The fourth-order valence-electron chi connectivity index (χ4n) is 0. The summed E-state index contributed by atoms with van der Waals surface area (Å²) in [7, 11) is 0.750. The summed E-state index contributed by atoms with van der Waals surface area (Å²) in [6.45, 7) is 1.57. The third-order valence-corrected chi connectivity index (χ3v) is 0. The van der Waals surface area contributed by atoms with E-state index >= 15 is 0 Å². The van der Waals surface area contributed by atoms with Gasteiger partial charge in [-0.25, -0.2) is 0 Å². The summed E-state index contributed by atoms with van der Waals surface area (Å²) in [4.78, 5) is 0. The van der Waals surface area contributed by atoms with Crippen molar-refractivity contribution >= 4 is 0 Å². The molecule has 0 heterocycles. The van der Waals surface area contributed by atoms with Gasteiger partial charge in [-0.1, -0.05) is 6.92 Å². The Hall–Kier alpha value is 1.02. The third kappa shape index (κ3) is 77.6. The molecule has 0 saturated carbocycles. The zero-order chi connectivity index (χ0) is 4.71. The van der Waals surface area contributed by atoms with Crippen LogP contribution in [0.3, 0.4) is 0 Å². The Bertz CT molecular complexity index is 8.75. The molecule has 0 aliphatic carbocycles. The SMILES string of the molecule is CC[O-].C[O-].[Y]. The van der Waals surface area contributed by atoms with Gasteiger partial charge in [0.15, 0.2) is 0 Å². The Morgan fingerprint density at radius 1 is 1.33 bits per heavy atom. The largest absolute Gasteiger partial charge is 0.857 e. The minimum absolute atomic E-state index is 0. The van der Waals surface area contributed by atoms with Crippen molar-refractivity contribution in [2.75, 3.05) is 13.7 Å². The summed E-state index contributed by atoms with van der Waals surface area (Å²) in [5.74, 6) is 0. The predicted octanol–water partition coefficient (Wildman–Crippen LogP) is -1.66. The molecule has 0 fully saturated rings. The molecule has 0 aliphatic rings. The second kappa shape index (κ2) is 37.1. The smallest absolute Gasteiger partial charge is 0 e. The fraction of sp³-hybridized carbons (Fsp3) is 1.00. The molecular weight excluding hydrogens is 157 g/mol. The average Bonchev–Trinajstić information content (AvgIpc) is 1.46. The van der Waals surface area contributed by atoms with Gasteiger partial charge in [-0.15, -0.1) is 6.61 Å². The van der Waals surface area contributed by atoms with Crippen LogP contribution in [0.1, 0.15) is 6.92 Å². The Labute approximate surface area is 63.4 Å². The zero-order valence-corrected chi connectivity index (χ0v) is 6.94. The minimum atomic E-state index is 0. The molecule has 2 nitrogen and oxygen atoms in total. The van der Waals surface area contributed by atoms with Crippen molar-refractivity contribution < 1.29 is 42.9 Å². The Morgan fingerprint density at radius 3 is 1.33 bits per heavy atom. The summed E-state index contributed by atoms with van der Waals surface area (Å²) in [6, 6.07) is 0. The van der Waals surface area contributed by atoms with Gasteiger partial charge in [0.1, 0.15) is 0 Å². The van der Waals surface area contributed by atoms with Crippen LogP contribution in [-0.2, 0) is 32.7 Å². The molecule has 3 heteroatoms. The van der Waals surface area contributed by atoms with E-state index in [4.69, 9.17) is 10.2 Å². The van der Waals surface area contributed by atoms with Crippen molar-refractivity contribution in [2.45, 2.75) is 6.92 Å². The van der Waals surface area contributed by atoms with Gasteiger partial charge >= 0.3 is 0 Å². The number of hydrogen-bond donors (Lipinski definition) is 0. The van der Waals surface area contributed by atoms with Crippen LogP contribution in [0.25, 0.3) is 0 Å². The molecule has 0 atom stereocenters. The topological polar surface area (TPSA) is 46.1 Å². The Morgan fingerprint density at radius 2 is 1.33 bits per heavy atom. The molecule has 0 aromatic heterocycles. The molecule has 6 heavy (non-hydrogen) atoms. The van der Waals surface area contributed by atoms with Crippen LogP contribution in [0.15, 0.2) is 0 Å². The van der Waals surface area contributed by atoms with Crippen LogP contribution in [0.5, 0.6) is 0 Å². The number of rotatable bonds is 0. The maximum absolute atomic E-state index is 8.93. The van der Waals surface area contributed by atoms with E-state index in [9.17, 15) is 0 Å². The monoisotopic (exact) mass is 165 g/mol. The molecule has 0 spiro atoms. The molecule has 0 saturated heterocycles. The van der Waals surface area contributed by atoms with Gasteiger partial charge in [-0.3, -0.25) is 0 Å². The van der Waals surface area contributed by atoms with Crippen molar-refractivity contribution in [2.24, 2.45) is 0 Å². The van der Waals surface area contributed by atoms with Crippen LogP contribution in [0.2, 0.25) is 0 Å². The fourth-order valence-corrected chi connectivity index (χ4v) is 0. The molecular formula is C3H8O2Y-2. The summed E-state index contributed by atoms with van der Waals surface area (Å²) in [6.07, 6.45) is 0. The molecule has 0 aliphatic heterocycles. The normalized spacial score (nSPS) is 4.00. The second-order valence-electron chi connectivity index (χ2n) is 0.289. The maximum Gasteiger partial charge on any atom is 0 e. The summed E-state index contributed by atoms with van der Waals surface area (Å²) in [5.41, 5.74) is 0. The van der Waals surface area contributed by atoms with Crippen LogP contribution in [0.4, 0.5) is 0 Å². The van der Waals surface area contributed by atoms with Gasteiger partial charge in [0.25, 0.3) is 0 Å². The first-order valence-electron chi connectivity index (χ1n) is 1.40. The van der Waals surface area contributed by atoms with E-state index in [2.05, 4.69) is 0 Å². The average molecular weight is 165 g/mol. The zero-order valence-electron chi connectivity index (χ0n) is 4.10. The minimum Gasteiger partial charge on any atom is -0.857 e. The van der Waals surface area contributed by atoms with Gasteiger partial charge in [-0.05, 0) is 0 Å². The van der Waals surface area contributed by atoms with E-state index in [-0.39, 0.29) is 39.3 Å². The van der Waals surface area contributed by atoms with Crippen LogP contribution >= 0.6 is 0 Å². The maximum atomic E-state index is 8.93.